The zero-order valence-corrected chi connectivity index (χ0v) is 14.7. The number of hydrogen-bond donors (Lipinski definition) is 1. The highest BCUT2D eigenvalue weighted by Crippen LogP contribution is 2.64. The van der Waals surface area contributed by atoms with Crippen LogP contribution in [0.3, 0.4) is 0 Å². The van der Waals surface area contributed by atoms with Crippen molar-refractivity contribution in [2.75, 3.05) is 11.9 Å². The molecular formula is C16H14Cl2N2O2S. The summed E-state index contributed by atoms with van der Waals surface area (Å²) in [5, 5.41) is 5.30. The van der Waals surface area contributed by atoms with E-state index in [2.05, 4.69) is 16.4 Å². The van der Waals surface area contributed by atoms with Gasteiger partial charge in [-0.1, -0.05) is 0 Å². The first-order chi connectivity index (χ1) is 10.9. The summed E-state index contributed by atoms with van der Waals surface area (Å²) in [4.78, 5) is 16.8. The van der Waals surface area contributed by atoms with Gasteiger partial charge >= 0.3 is 0 Å². The minimum atomic E-state index is -0.975. The number of aromatic nitrogens is 1. The lowest BCUT2D eigenvalue weighted by atomic mass is 10.1. The normalized spacial score (nSPS) is 24.0. The van der Waals surface area contributed by atoms with Gasteiger partial charge < -0.3 is 10.1 Å². The van der Waals surface area contributed by atoms with Crippen LogP contribution in [0.25, 0.3) is 11.3 Å². The highest BCUT2D eigenvalue weighted by Gasteiger charge is 2.68. The number of thiazole rings is 1. The Kier molecular flexibility index (Phi) is 3.38. The van der Waals surface area contributed by atoms with Gasteiger partial charge in [-0.25, -0.2) is 4.98 Å². The van der Waals surface area contributed by atoms with Gasteiger partial charge in [0.05, 0.1) is 17.7 Å². The lowest BCUT2D eigenvalue weighted by Crippen LogP contribution is -2.25. The Bertz CT molecular complexity index is 805. The summed E-state index contributed by atoms with van der Waals surface area (Å²) in [5.74, 6) is 0.755. The second kappa shape index (κ2) is 5.10. The van der Waals surface area contributed by atoms with Gasteiger partial charge in [-0.05, 0) is 37.1 Å². The monoisotopic (exact) mass is 368 g/mol. The van der Waals surface area contributed by atoms with Gasteiger partial charge in [-0.3, -0.25) is 4.79 Å². The smallest absolute Gasteiger partial charge is 0.235 e. The minimum absolute atomic E-state index is 0.189. The third kappa shape index (κ3) is 2.51. The topological polar surface area (TPSA) is 51.2 Å². The number of nitrogens with one attached hydrogen (secondary N) is 1. The Labute approximate surface area is 147 Å². The third-order valence-corrected chi connectivity index (χ3v) is 6.33. The van der Waals surface area contributed by atoms with Crippen LogP contribution < -0.4 is 10.1 Å². The standard InChI is InChI=1S/C16H14Cl2N2O2S/c1-15(8-16(15,17)18)13(21)20-14-19-11(7-23-14)9-2-3-12-10(6-9)4-5-22-12/h2-3,6-7H,4-5,8H2,1H3,(H,19,20,21)/t15-/m1/s1. The molecule has 2 aliphatic rings. The first-order valence-corrected chi connectivity index (χ1v) is 8.93. The number of ether oxygens (including phenoxy) is 1. The summed E-state index contributed by atoms with van der Waals surface area (Å²) in [7, 11) is 0. The van der Waals surface area contributed by atoms with Crippen molar-refractivity contribution in [1.82, 2.24) is 4.98 Å². The number of anilines is 1. The van der Waals surface area contributed by atoms with E-state index in [0.29, 0.717) is 11.6 Å². The molecule has 0 bridgehead atoms. The van der Waals surface area contributed by atoms with Gasteiger partial charge in [0.2, 0.25) is 5.91 Å². The Morgan fingerprint density at radius 3 is 2.96 bits per heavy atom. The number of carbonyl (C=O) groups is 1. The van der Waals surface area contributed by atoms with E-state index in [0.717, 1.165) is 30.0 Å². The predicted octanol–water partition coefficient (Wildman–Crippen LogP) is 4.27. The molecule has 1 aliphatic carbocycles. The van der Waals surface area contributed by atoms with E-state index >= 15 is 0 Å². The van der Waals surface area contributed by atoms with Crippen LogP contribution in [0.2, 0.25) is 0 Å². The second-order valence-electron chi connectivity index (χ2n) is 6.13. The molecule has 1 N–H and O–H groups in total. The molecule has 4 rings (SSSR count). The molecule has 1 amide bonds. The molecule has 0 saturated heterocycles. The van der Waals surface area contributed by atoms with Gasteiger partial charge in [0.25, 0.3) is 0 Å². The Morgan fingerprint density at radius 2 is 2.22 bits per heavy atom. The molecule has 23 heavy (non-hydrogen) atoms. The molecular weight excluding hydrogens is 355 g/mol. The number of hydrogen-bond acceptors (Lipinski definition) is 4. The second-order valence-corrected chi connectivity index (χ2v) is 8.47. The van der Waals surface area contributed by atoms with E-state index in [-0.39, 0.29) is 5.91 Å². The van der Waals surface area contributed by atoms with Crippen molar-refractivity contribution in [2.24, 2.45) is 5.41 Å². The molecule has 2 aromatic rings. The van der Waals surface area contributed by atoms with Crippen molar-refractivity contribution < 1.29 is 9.53 Å². The number of nitrogens with zero attached hydrogens (tertiary/aromatic N) is 1. The highest BCUT2D eigenvalue weighted by atomic mass is 35.5. The molecule has 1 atom stereocenters. The van der Waals surface area contributed by atoms with Crippen LogP contribution in [0.4, 0.5) is 5.13 Å². The molecule has 0 spiro atoms. The average molecular weight is 369 g/mol. The molecule has 1 aromatic heterocycles. The van der Waals surface area contributed by atoms with E-state index < -0.39 is 9.75 Å². The van der Waals surface area contributed by atoms with Crippen LogP contribution in [-0.4, -0.2) is 21.8 Å². The van der Waals surface area contributed by atoms with E-state index in [1.807, 2.05) is 17.5 Å². The fourth-order valence-corrected chi connectivity index (χ4v) is 4.11. The number of alkyl halides is 2. The number of halogens is 2. The Hall–Kier alpha value is -1.30. The summed E-state index contributed by atoms with van der Waals surface area (Å²) in [6, 6.07) is 6.04. The molecule has 1 aliphatic heterocycles. The molecule has 0 unspecified atom stereocenters. The van der Waals surface area contributed by atoms with Crippen LogP contribution in [-0.2, 0) is 11.2 Å². The van der Waals surface area contributed by atoms with Crippen LogP contribution in [0.5, 0.6) is 5.75 Å². The van der Waals surface area contributed by atoms with Gasteiger partial charge in [0.15, 0.2) is 5.13 Å². The molecule has 7 heteroatoms. The largest absolute Gasteiger partial charge is 0.493 e. The first-order valence-electron chi connectivity index (χ1n) is 7.30. The van der Waals surface area contributed by atoms with Crippen molar-refractivity contribution in [3.63, 3.8) is 0 Å². The number of carbonyl (C=O) groups excluding carboxylic acids is 1. The van der Waals surface area contributed by atoms with Crippen LogP contribution in [0.15, 0.2) is 23.6 Å². The van der Waals surface area contributed by atoms with E-state index in [4.69, 9.17) is 27.9 Å². The third-order valence-electron chi connectivity index (χ3n) is 4.47. The SMILES string of the molecule is C[C@]1(C(=O)Nc2nc(-c3ccc4c(c3)CCO4)cs2)CC1(Cl)Cl. The molecule has 120 valence electrons. The summed E-state index contributed by atoms with van der Waals surface area (Å²) in [6.07, 6.45) is 1.38. The summed E-state index contributed by atoms with van der Waals surface area (Å²) >= 11 is 13.5. The van der Waals surface area contributed by atoms with Crippen molar-refractivity contribution in [3.05, 3.63) is 29.1 Å². The van der Waals surface area contributed by atoms with Gasteiger partial charge in [-0.2, -0.15) is 0 Å². The fraction of sp³-hybridized carbons (Fsp3) is 0.375. The van der Waals surface area contributed by atoms with Crippen molar-refractivity contribution in [3.8, 4) is 17.0 Å². The summed E-state index contributed by atoms with van der Waals surface area (Å²) in [5.41, 5.74) is 2.31. The number of fused-ring (bicyclic) bond motifs is 1. The number of rotatable bonds is 3. The van der Waals surface area contributed by atoms with Crippen LogP contribution >= 0.6 is 34.5 Å². The van der Waals surface area contributed by atoms with Gasteiger partial charge in [-0.15, -0.1) is 34.5 Å². The molecule has 0 radical (unpaired) electrons. The van der Waals surface area contributed by atoms with Crippen molar-refractivity contribution >= 4 is 45.6 Å². The quantitative estimate of drug-likeness (QED) is 0.823. The van der Waals surface area contributed by atoms with Crippen molar-refractivity contribution in [2.45, 2.75) is 24.1 Å². The maximum Gasteiger partial charge on any atom is 0.235 e. The predicted molar refractivity (Wildman–Crippen MR) is 92.5 cm³/mol. The zero-order chi connectivity index (χ0) is 16.2. The highest BCUT2D eigenvalue weighted by molar-refractivity contribution is 7.14. The Morgan fingerprint density at radius 1 is 1.43 bits per heavy atom. The lowest BCUT2D eigenvalue weighted by molar-refractivity contribution is -0.120. The maximum atomic E-state index is 12.3. The first kappa shape index (κ1) is 15.2. The van der Waals surface area contributed by atoms with E-state index in [1.54, 1.807) is 6.92 Å². The maximum absolute atomic E-state index is 12.3. The van der Waals surface area contributed by atoms with Gasteiger partial charge in [0, 0.05) is 17.4 Å². The molecule has 1 saturated carbocycles. The molecule has 1 aromatic carbocycles. The fourth-order valence-electron chi connectivity index (χ4n) is 2.69. The van der Waals surface area contributed by atoms with Crippen LogP contribution in [0, 0.1) is 5.41 Å². The van der Waals surface area contributed by atoms with Crippen LogP contribution in [0.1, 0.15) is 18.9 Å². The number of benzene rings is 1. The van der Waals surface area contributed by atoms with E-state index in [1.165, 1.54) is 16.9 Å². The minimum Gasteiger partial charge on any atom is -0.493 e. The summed E-state index contributed by atoms with van der Waals surface area (Å²) < 4.78 is 4.54. The average Bonchev–Trinajstić information content (AvgIpc) is 2.96. The Balaban J connectivity index is 1.52. The molecule has 4 nitrogen and oxygen atoms in total. The summed E-state index contributed by atoms with van der Waals surface area (Å²) in [6.45, 7) is 2.49. The lowest BCUT2D eigenvalue weighted by Gasteiger charge is -2.10. The zero-order valence-electron chi connectivity index (χ0n) is 12.4. The molecule has 2 heterocycles. The van der Waals surface area contributed by atoms with Crippen molar-refractivity contribution in [1.29, 1.82) is 0 Å². The van der Waals surface area contributed by atoms with E-state index in [9.17, 15) is 4.79 Å². The molecule has 1 fully saturated rings. The number of amides is 1. The van der Waals surface area contributed by atoms with Gasteiger partial charge in [0.1, 0.15) is 10.1 Å².